The van der Waals surface area contributed by atoms with Crippen LogP contribution in [0.5, 0.6) is 0 Å². The van der Waals surface area contributed by atoms with Crippen LogP contribution in [0.4, 0.5) is 0 Å². The Hall–Kier alpha value is -1.10. The fourth-order valence-electron chi connectivity index (χ4n) is 4.69. The van der Waals surface area contributed by atoms with Gasteiger partial charge in [0.2, 0.25) is 0 Å². The molecule has 0 aromatic heterocycles. The van der Waals surface area contributed by atoms with Crippen LogP contribution in [0.3, 0.4) is 0 Å². The summed E-state index contributed by atoms with van der Waals surface area (Å²) >= 11 is 22.1. The third kappa shape index (κ3) is 9.82. The maximum absolute atomic E-state index is 12.6. The third-order valence-corrected chi connectivity index (χ3v) is 9.55. The van der Waals surface area contributed by atoms with Crippen LogP contribution in [-0.4, -0.2) is 90.6 Å². The summed E-state index contributed by atoms with van der Waals surface area (Å²) in [5, 5.41) is 1.63. The summed E-state index contributed by atoms with van der Waals surface area (Å²) in [6.07, 6.45) is 5.11. The van der Waals surface area contributed by atoms with Gasteiger partial charge in [-0.15, -0.1) is 0 Å². The maximum Gasteiger partial charge on any atom is 0.176 e. The molecule has 10 heteroatoms. The van der Waals surface area contributed by atoms with E-state index in [1.807, 2.05) is 0 Å². The number of likely N-dealkylation sites (N-methyl/N-ethyl adjacent to an activating group) is 2. The normalized spacial score (nSPS) is 16.9. The first-order valence-electron chi connectivity index (χ1n) is 13.9. The summed E-state index contributed by atoms with van der Waals surface area (Å²) in [6, 6.07) is 0. The van der Waals surface area contributed by atoms with E-state index in [0.717, 1.165) is 85.2 Å². The smallest absolute Gasteiger partial charge is 0.176 e. The van der Waals surface area contributed by atoms with Crippen LogP contribution >= 0.6 is 48.9 Å². The number of Topliss-reactive ketones (excluding diaryl/α,β-unsaturated/α-hetero) is 2. The highest BCUT2D eigenvalue weighted by Crippen LogP contribution is 2.30. The summed E-state index contributed by atoms with van der Waals surface area (Å²) in [6.45, 7) is 17.7. The van der Waals surface area contributed by atoms with Gasteiger partial charge >= 0.3 is 0 Å². The number of rotatable bonds is 17. The molecular formula is C28H46N4O2S4. The largest absolute Gasteiger partial charge is 0.342 e. The van der Waals surface area contributed by atoms with Gasteiger partial charge in [0.15, 0.2) is 10.2 Å². The Kier molecular flexibility index (Phi) is 12.6. The molecule has 2 rings (SSSR count). The minimum absolute atomic E-state index is 0.00267. The van der Waals surface area contributed by atoms with Crippen LogP contribution in [0.25, 0.3) is 0 Å². The molecule has 0 aliphatic carbocycles. The van der Waals surface area contributed by atoms with Crippen molar-refractivity contribution < 1.29 is 9.59 Å². The highest BCUT2D eigenvalue weighted by atomic mass is 32.1. The van der Waals surface area contributed by atoms with E-state index in [9.17, 15) is 9.59 Å². The molecule has 0 atom stereocenters. The van der Waals surface area contributed by atoms with Gasteiger partial charge in [-0.05, 0) is 74.8 Å². The van der Waals surface area contributed by atoms with Crippen LogP contribution < -0.4 is 0 Å². The van der Waals surface area contributed by atoms with Crippen molar-refractivity contribution in [3.8, 4) is 0 Å². The number of hydrogen-bond donors (Lipinski definition) is 0. The Labute approximate surface area is 251 Å². The van der Waals surface area contributed by atoms with E-state index >= 15 is 0 Å². The number of carbonyl (C=O) groups is 2. The summed E-state index contributed by atoms with van der Waals surface area (Å²) in [5.41, 5.74) is 0.00533. The van der Waals surface area contributed by atoms with Crippen molar-refractivity contribution in [2.45, 2.75) is 92.9 Å². The second-order valence-electron chi connectivity index (χ2n) is 12.1. The number of ketones is 2. The molecule has 0 aromatic rings. The molecule has 2 saturated heterocycles. The molecule has 2 fully saturated rings. The van der Waals surface area contributed by atoms with E-state index in [4.69, 9.17) is 48.9 Å². The van der Waals surface area contributed by atoms with E-state index in [-0.39, 0.29) is 22.4 Å². The third-order valence-electron chi connectivity index (χ3n) is 7.89. The Bertz CT molecular complexity index is 860. The molecule has 0 saturated carbocycles. The monoisotopic (exact) mass is 598 g/mol. The molecule has 2 aliphatic heterocycles. The Balaban J connectivity index is 1.66. The van der Waals surface area contributed by atoms with Crippen LogP contribution in [-0.2, 0) is 9.59 Å². The minimum atomic E-state index is 0.00267. The second-order valence-corrected chi connectivity index (χ2v) is 13.8. The van der Waals surface area contributed by atoms with Gasteiger partial charge in [0.05, 0.1) is 13.1 Å². The summed E-state index contributed by atoms with van der Waals surface area (Å²) in [4.78, 5) is 35.2. The van der Waals surface area contributed by atoms with Crippen molar-refractivity contribution in [3.05, 3.63) is 0 Å². The van der Waals surface area contributed by atoms with Gasteiger partial charge in [0.1, 0.15) is 21.5 Å². The summed E-state index contributed by atoms with van der Waals surface area (Å²) in [7, 11) is 0. The topological polar surface area (TPSA) is 47.1 Å². The molecular weight excluding hydrogens is 553 g/mol. The van der Waals surface area contributed by atoms with Gasteiger partial charge in [0.25, 0.3) is 0 Å². The molecule has 214 valence electrons. The van der Waals surface area contributed by atoms with E-state index in [0.29, 0.717) is 25.7 Å². The minimum Gasteiger partial charge on any atom is -0.342 e. The molecule has 6 nitrogen and oxygen atoms in total. The van der Waals surface area contributed by atoms with Crippen molar-refractivity contribution in [1.29, 1.82) is 0 Å². The number of hydrogen-bond acceptors (Lipinski definition) is 6. The fourth-order valence-corrected chi connectivity index (χ4v) is 6.26. The first-order valence-corrected chi connectivity index (χ1v) is 15.5. The van der Waals surface area contributed by atoms with Gasteiger partial charge in [-0.3, -0.25) is 9.59 Å². The Morgan fingerprint density at radius 2 is 0.974 bits per heavy atom. The molecule has 0 bridgehead atoms. The lowest BCUT2D eigenvalue weighted by Gasteiger charge is -2.28. The molecule has 0 N–H and O–H groups in total. The Morgan fingerprint density at radius 3 is 1.26 bits per heavy atom. The zero-order chi connectivity index (χ0) is 28.7. The summed E-state index contributed by atoms with van der Waals surface area (Å²) < 4.78 is 0. The predicted molar refractivity (Wildman–Crippen MR) is 173 cm³/mol. The predicted octanol–water partition coefficient (Wildman–Crippen LogP) is 5.80. The van der Waals surface area contributed by atoms with E-state index in [1.54, 1.807) is 0 Å². The molecule has 2 heterocycles. The van der Waals surface area contributed by atoms with Crippen LogP contribution in [0.1, 0.15) is 92.9 Å². The zero-order valence-electron chi connectivity index (χ0n) is 24.1. The molecule has 0 spiro atoms. The first-order chi connectivity index (χ1) is 17.7. The number of carbonyl (C=O) groups excluding carboxylic acids is 2. The highest BCUT2D eigenvalue weighted by Gasteiger charge is 2.31. The lowest BCUT2D eigenvalue weighted by molar-refractivity contribution is -0.124. The Morgan fingerprint density at radius 1 is 0.632 bits per heavy atom. The van der Waals surface area contributed by atoms with Crippen LogP contribution in [0, 0.1) is 10.8 Å². The summed E-state index contributed by atoms with van der Waals surface area (Å²) in [5.74, 6) is 0.346. The van der Waals surface area contributed by atoms with E-state index < -0.39 is 0 Å². The van der Waals surface area contributed by atoms with Crippen LogP contribution in [0.15, 0.2) is 0 Å². The van der Waals surface area contributed by atoms with Gasteiger partial charge in [-0.25, -0.2) is 0 Å². The lowest BCUT2D eigenvalue weighted by atomic mass is 9.82. The van der Waals surface area contributed by atoms with Gasteiger partial charge < -0.3 is 19.6 Å². The highest BCUT2D eigenvalue weighted by molar-refractivity contribution is 7.82. The van der Waals surface area contributed by atoms with Crippen molar-refractivity contribution in [1.82, 2.24) is 19.6 Å². The van der Waals surface area contributed by atoms with Gasteiger partial charge in [-0.2, -0.15) is 0 Å². The van der Waals surface area contributed by atoms with Crippen LogP contribution in [0.2, 0.25) is 0 Å². The average molecular weight is 599 g/mol. The molecule has 38 heavy (non-hydrogen) atoms. The van der Waals surface area contributed by atoms with Crippen molar-refractivity contribution in [2.75, 3.05) is 39.3 Å². The zero-order valence-corrected chi connectivity index (χ0v) is 27.4. The maximum atomic E-state index is 12.6. The average Bonchev–Trinajstić information content (AvgIpc) is 3.30. The molecule has 2 aliphatic rings. The molecule has 0 radical (unpaired) electrons. The van der Waals surface area contributed by atoms with Gasteiger partial charge in [-0.1, -0.05) is 52.1 Å². The number of nitrogens with zero attached hydrogens (tertiary/aromatic N) is 4. The standard InChI is InChI=1S/C28H46N4O2S4/c1-7-29-19-23(35)31(25(29)37)17-15-27(3,4)13-11-21(33)9-10-22(34)12-14-28(5,6)16-18-32-24(36)20-30(8-2)26(32)38/h7-20H2,1-6H3. The molecule has 0 unspecified atom stereocenters. The van der Waals surface area contributed by atoms with Crippen molar-refractivity contribution in [3.63, 3.8) is 0 Å². The second kappa shape index (κ2) is 14.5. The first kappa shape index (κ1) is 33.1. The van der Waals surface area contributed by atoms with E-state index in [1.165, 1.54) is 0 Å². The quantitative estimate of drug-likeness (QED) is 0.192. The van der Waals surface area contributed by atoms with Crippen molar-refractivity contribution >= 4 is 80.6 Å². The van der Waals surface area contributed by atoms with E-state index in [2.05, 4.69) is 61.1 Å². The molecule has 0 aromatic carbocycles. The number of thiocarbonyl (C=S) groups is 4. The fraction of sp³-hybridized carbons (Fsp3) is 0.786. The molecule has 0 amide bonds. The van der Waals surface area contributed by atoms with Crippen molar-refractivity contribution in [2.24, 2.45) is 10.8 Å². The van der Waals surface area contributed by atoms with Gasteiger partial charge in [0, 0.05) is 51.9 Å². The SMILES string of the molecule is CCN1CC(=S)N(CCC(C)(C)CCC(=O)CCC(=O)CCC(C)(C)CCN2C(=S)CN(CC)C2=S)C1=S. The lowest BCUT2D eigenvalue weighted by Crippen LogP contribution is -2.35.